The second-order valence-corrected chi connectivity index (χ2v) is 38.4. The summed E-state index contributed by atoms with van der Waals surface area (Å²) < 4.78 is 0. The molecule has 5 aliphatic carbocycles. The highest BCUT2D eigenvalue weighted by molar-refractivity contribution is 6.04. The normalized spacial score (nSPS) is 16.5. The van der Waals surface area contributed by atoms with Gasteiger partial charge in [0.25, 0.3) is 0 Å². The van der Waals surface area contributed by atoms with E-state index in [0.29, 0.717) is 0 Å². The van der Waals surface area contributed by atoms with E-state index in [4.69, 9.17) is 0 Å². The van der Waals surface area contributed by atoms with Gasteiger partial charge in [-0.05, 0) is 262 Å². The summed E-state index contributed by atoms with van der Waals surface area (Å²) in [5, 5.41) is 0. The molecule has 0 amide bonds. The van der Waals surface area contributed by atoms with Crippen LogP contribution in [0.1, 0.15) is 254 Å². The van der Waals surface area contributed by atoms with E-state index in [2.05, 4.69) is 381 Å². The number of fused-ring (bicyclic) bond motifs is 12. The molecule has 0 aromatic heterocycles. The summed E-state index contributed by atoms with van der Waals surface area (Å²) in [4.78, 5) is 5.12. The number of hydrogen-bond donors (Lipinski definition) is 0. The Bertz CT molecular complexity index is 5070. The molecule has 101 heavy (non-hydrogen) atoms. The molecule has 0 radical (unpaired) electrons. The molecule has 5 aliphatic rings. The average Bonchev–Trinajstić information content (AvgIpc) is 1.48. The van der Waals surface area contributed by atoms with Crippen molar-refractivity contribution in [2.24, 2.45) is 0 Å². The Hall–Kier alpha value is -8.98. The molecule has 0 N–H and O–H groups in total. The molecule has 11 aromatic carbocycles. The average molecular weight is 1320 g/mol. The topological polar surface area (TPSA) is 6.48 Å². The fraction of sp³-hybridized carbons (Fsp3) is 0.333. The van der Waals surface area contributed by atoms with Crippen LogP contribution in [0.4, 0.5) is 34.1 Å². The molecule has 0 saturated carbocycles. The highest BCUT2D eigenvalue weighted by atomic mass is 15.1. The number of benzene rings is 11. The summed E-state index contributed by atoms with van der Waals surface area (Å²) in [5.41, 5.74) is 37.9. The Morgan fingerprint density at radius 3 is 0.822 bits per heavy atom. The van der Waals surface area contributed by atoms with E-state index in [0.717, 1.165) is 34.1 Å². The predicted molar refractivity (Wildman–Crippen MR) is 431 cm³/mol. The molecule has 2 spiro atoms. The van der Waals surface area contributed by atoms with E-state index >= 15 is 0 Å². The minimum absolute atomic E-state index is 0.00162. The second-order valence-electron chi connectivity index (χ2n) is 38.4. The summed E-state index contributed by atoms with van der Waals surface area (Å²) in [6.45, 7) is 54.5. The van der Waals surface area contributed by atoms with Gasteiger partial charge in [0.2, 0.25) is 0 Å². The van der Waals surface area contributed by atoms with Crippen LogP contribution in [0.25, 0.3) is 44.5 Å². The van der Waals surface area contributed by atoms with Crippen LogP contribution in [0.3, 0.4) is 0 Å². The van der Waals surface area contributed by atoms with Gasteiger partial charge in [0.1, 0.15) is 0 Å². The van der Waals surface area contributed by atoms with Crippen molar-refractivity contribution in [1.29, 1.82) is 0 Å². The zero-order valence-electron chi connectivity index (χ0n) is 64.6. The molecule has 16 rings (SSSR count). The van der Waals surface area contributed by atoms with Crippen LogP contribution in [0.5, 0.6) is 0 Å². The van der Waals surface area contributed by atoms with Crippen molar-refractivity contribution in [3.63, 3.8) is 0 Å². The standard InChI is InChI=1S/C99H104N2/c1-90(2,3)59-24-36-67(37-25-59)100(68-38-26-60(27-39-68)91(4,5)6)71-44-49-77-78-57-86-79-58-85(78)98(84(77)54-71)80-50-63(94(13,14)15)32-45-73(80)76-48-35-66(53-83(76)98)97(22,23)87-55-72(101(69-40-28-61(29-41-69)92(7,8)9)70-42-30-62(31-43-70)93(10,11)12)56-88(89(79)87)99(86)81-51-64(95(16,17)18)33-46-74(81)75-47-34-65(52-82(75)99)96(19,20)21/h24-58H,1-23H3. The summed E-state index contributed by atoms with van der Waals surface area (Å²) >= 11 is 0. The van der Waals surface area contributed by atoms with Crippen molar-refractivity contribution >= 4 is 34.1 Å². The maximum Gasteiger partial charge on any atom is 0.0726 e. The van der Waals surface area contributed by atoms with Crippen LogP contribution in [-0.2, 0) is 54.1 Å². The first kappa shape index (κ1) is 66.6. The first-order valence-electron chi connectivity index (χ1n) is 37.4. The molecule has 2 heteroatoms. The first-order chi connectivity index (χ1) is 47.2. The Morgan fingerprint density at radius 2 is 0.446 bits per heavy atom. The molecule has 0 aliphatic heterocycles. The van der Waals surface area contributed by atoms with Crippen molar-refractivity contribution in [2.75, 3.05) is 9.80 Å². The van der Waals surface area contributed by atoms with E-state index in [9.17, 15) is 0 Å². The van der Waals surface area contributed by atoms with Crippen molar-refractivity contribution in [2.45, 2.75) is 213 Å². The lowest BCUT2D eigenvalue weighted by Crippen LogP contribution is -2.29. The van der Waals surface area contributed by atoms with Gasteiger partial charge in [0, 0.05) is 39.5 Å². The van der Waals surface area contributed by atoms with Crippen LogP contribution < -0.4 is 9.80 Å². The quantitative estimate of drug-likeness (QED) is 0.164. The number of rotatable bonds is 6. The van der Waals surface area contributed by atoms with Crippen LogP contribution in [0.2, 0.25) is 0 Å². The smallest absolute Gasteiger partial charge is 0.0726 e. The monoisotopic (exact) mass is 1320 g/mol. The number of nitrogens with zero attached hydrogens (tertiary/aromatic N) is 2. The van der Waals surface area contributed by atoms with Gasteiger partial charge in [-0.25, -0.2) is 0 Å². The third-order valence-electron chi connectivity index (χ3n) is 24.2. The van der Waals surface area contributed by atoms with Crippen LogP contribution in [0.15, 0.2) is 212 Å². The molecule has 0 saturated heterocycles. The molecule has 0 fully saturated rings. The lowest BCUT2D eigenvalue weighted by molar-refractivity contribution is 0.586. The lowest BCUT2D eigenvalue weighted by atomic mass is 9.66. The number of anilines is 6. The largest absolute Gasteiger partial charge is 0.310 e. The highest BCUT2D eigenvalue weighted by Gasteiger charge is 2.59. The summed E-state index contributed by atoms with van der Waals surface area (Å²) in [6.07, 6.45) is 0. The van der Waals surface area contributed by atoms with Crippen LogP contribution >= 0.6 is 0 Å². The highest BCUT2D eigenvalue weighted by Crippen LogP contribution is 2.71. The summed E-state index contributed by atoms with van der Waals surface area (Å²) in [7, 11) is 0. The fourth-order valence-electron chi connectivity index (χ4n) is 18.1. The summed E-state index contributed by atoms with van der Waals surface area (Å²) in [5.74, 6) is 0. The zero-order chi connectivity index (χ0) is 71.8. The predicted octanol–water partition coefficient (Wildman–Crippen LogP) is 27.0. The van der Waals surface area contributed by atoms with E-state index in [1.165, 1.54) is 139 Å². The van der Waals surface area contributed by atoms with Crippen molar-refractivity contribution in [3.8, 4) is 44.5 Å². The molecular weight excluding hydrogens is 1220 g/mol. The number of hydrogen-bond acceptors (Lipinski definition) is 2. The minimum atomic E-state index is -0.749. The lowest BCUT2D eigenvalue weighted by Gasteiger charge is -2.37. The maximum atomic E-state index is 2.78. The van der Waals surface area contributed by atoms with Gasteiger partial charge in [-0.15, -0.1) is 0 Å². The third-order valence-corrected chi connectivity index (χ3v) is 24.2. The van der Waals surface area contributed by atoms with Gasteiger partial charge in [0.05, 0.1) is 10.8 Å². The SMILES string of the molecule is CC(C)(C)c1ccc(N(c2ccc(C(C)(C)C)cc2)c2ccc3c(c2)C24c5cc(C(C)(C)C)ccc5-c5ccc(cc52)C(C)(C)c2cc(N(c5ccc(C(C)(C)C)cc5)c5ccc(C(C)(C)C)cc5)cc5c2-c2cc4c-3cc2C52c3cc(C(C)(C)C)ccc3-c3ccc(C(C)(C)C)cc32)cc1. The van der Waals surface area contributed by atoms with E-state index in [1.54, 1.807) is 0 Å². The van der Waals surface area contributed by atoms with Crippen LogP contribution in [0, 0.1) is 0 Å². The second kappa shape index (κ2) is 21.5. The van der Waals surface area contributed by atoms with Gasteiger partial charge in [0.15, 0.2) is 0 Å². The fourth-order valence-corrected chi connectivity index (χ4v) is 18.1. The third kappa shape index (κ3) is 9.89. The van der Waals surface area contributed by atoms with Gasteiger partial charge in [-0.3, -0.25) is 0 Å². The Kier molecular flexibility index (Phi) is 14.2. The van der Waals surface area contributed by atoms with Gasteiger partial charge < -0.3 is 9.80 Å². The molecule has 2 nitrogen and oxygen atoms in total. The van der Waals surface area contributed by atoms with Gasteiger partial charge >= 0.3 is 0 Å². The van der Waals surface area contributed by atoms with Crippen molar-refractivity contribution < 1.29 is 0 Å². The Morgan fingerprint density at radius 1 is 0.198 bits per heavy atom. The Balaban J connectivity index is 1.07. The van der Waals surface area contributed by atoms with Crippen molar-refractivity contribution in [3.05, 3.63) is 307 Å². The molecule has 510 valence electrons. The van der Waals surface area contributed by atoms with Gasteiger partial charge in [-0.2, -0.15) is 0 Å². The maximum absolute atomic E-state index is 2.78. The molecular formula is C99H104N2. The molecule has 1 unspecified atom stereocenters. The van der Waals surface area contributed by atoms with Gasteiger partial charge in [-0.1, -0.05) is 287 Å². The van der Waals surface area contributed by atoms with E-state index in [1.807, 2.05) is 0 Å². The molecule has 1 atom stereocenters. The zero-order valence-corrected chi connectivity index (χ0v) is 64.6. The Labute approximate surface area is 605 Å². The minimum Gasteiger partial charge on any atom is -0.310 e. The van der Waals surface area contributed by atoms with E-state index < -0.39 is 16.2 Å². The van der Waals surface area contributed by atoms with E-state index in [-0.39, 0.29) is 37.9 Å². The first-order valence-corrected chi connectivity index (χ1v) is 37.4. The van der Waals surface area contributed by atoms with Crippen molar-refractivity contribution in [1.82, 2.24) is 0 Å². The van der Waals surface area contributed by atoms with Crippen LogP contribution in [-0.4, -0.2) is 0 Å². The summed E-state index contributed by atoms with van der Waals surface area (Å²) in [6, 6.07) is 86.7. The molecule has 11 aromatic rings. The molecule has 4 bridgehead atoms. The molecule has 0 heterocycles.